The summed E-state index contributed by atoms with van der Waals surface area (Å²) in [5.74, 6) is -10.5. The average molecular weight is 777 g/mol. The summed E-state index contributed by atoms with van der Waals surface area (Å²) < 4.78 is 30.8. The summed E-state index contributed by atoms with van der Waals surface area (Å²) in [5.41, 5.74) is 0.144. The van der Waals surface area contributed by atoms with Crippen molar-refractivity contribution in [2.75, 3.05) is 6.54 Å². The van der Waals surface area contributed by atoms with E-state index in [1.54, 1.807) is 20.8 Å². The number of ketones is 4. The number of likely N-dealkylation sites (tertiary alicyclic amines) is 1. The van der Waals surface area contributed by atoms with Gasteiger partial charge in [-0.05, 0) is 54.4 Å². The lowest BCUT2D eigenvalue weighted by atomic mass is 9.76. The molecule has 2 aliphatic carbocycles. The van der Waals surface area contributed by atoms with Gasteiger partial charge in [-0.15, -0.1) is 0 Å². The molecule has 1 aromatic carbocycles. The Morgan fingerprint density at radius 3 is 2.27 bits per heavy atom. The van der Waals surface area contributed by atoms with Gasteiger partial charge in [0.05, 0.1) is 12.2 Å². The number of fused-ring (bicyclic) bond motifs is 1. The smallest absolute Gasteiger partial charge is 0.253 e. The number of hydrogen-bond donors (Lipinski definition) is 1. The Labute approximate surface area is 329 Å². The van der Waals surface area contributed by atoms with Crippen LogP contribution in [0, 0.1) is 35.0 Å². The van der Waals surface area contributed by atoms with Crippen LogP contribution in [0.2, 0.25) is 0 Å². The van der Waals surface area contributed by atoms with Crippen LogP contribution in [0.1, 0.15) is 134 Å². The summed E-state index contributed by atoms with van der Waals surface area (Å²) in [6.07, 6.45) is 8.44. The number of hydrogen-bond acceptors (Lipinski definition) is 8. The lowest BCUT2D eigenvalue weighted by Crippen LogP contribution is -2.58. The van der Waals surface area contributed by atoms with Crippen LogP contribution in [0.5, 0.6) is 0 Å². The van der Waals surface area contributed by atoms with Crippen molar-refractivity contribution in [3.8, 4) is 0 Å². The number of nitrogens with one attached hydrogen (secondary N) is 1. The monoisotopic (exact) mass is 776 g/mol. The molecule has 2 aromatic rings. The Kier molecular flexibility index (Phi) is 14.1. The van der Waals surface area contributed by atoms with E-state index in [4.69, 9.17) is 0 Å². The molecule has 1 saturated heterocycles. The predicted octanol–water partition coefficient (Wildman–Crippen LogP) is 7.36. The Hall–Kier alpha value is -4.22. The molecule has 0 radical (unpaired) electrons. The minimum atomic E-state index is -3.10. The van der Waals surface area contributed by atoms with Gasteiger partial charge in [0.25, 0.3) is 5.92 Å². The molecular formula is C44H58F2N4O6. The quantitative estimate of drug-likeness (QED) is 0.130. The van der Waals surface area contributed by atoms with Crippen LogP contribution in [0.15, 0.2) is 48.9 Å². The Bertz CT molecular complexity index is 1730. The zero-order valence-corrected chi connectivity index (χ0v) is 33.5. The molecular weight excluding hydrogens is 719 g/mol. The molecule has 3 fully saturated rings. The zero-order valence-electron chi connectivity index (χ0n) is 33.5. The van der Waals surface area contributed by atoms with Crippen molar-refractivity contribution in [2.24, 2.45) is 35.0 Å². The number of benzene rings is 1. The van der Waals surface area contributed by atoms with Crippen molar-refractivity contribution in [3.05, 3.63) is 60.2 Å². The van der Waals surface area contributed by atoms with Crippen LogP contribution >= 0.6 is 0 Å². The van der Waals surface area contributed by atoms with Gasteiger partial charge in [0.2, 0.25) is 17.6 Å². The first-order chi connectivity index (χ1) is 26.5. The topological polar surface area (TPSA) is 143 Å². The first-order valence-corrected chi connectivity index (χ1v) is 20.5. The molecule has 2 saturated carbocycles. The summed E-state index contributed by atoms with van der Waals surface area (Å²) in [6, 6.07) is 6.92. The number of amides is 2. The molecule has 1 aliphatic heterocycles. The normalized spacial score (nSPS) is 23.1. The van der Waals surface area contributed by atoms with Crippen molar-refractivity contribution in [2.45, 2.75) is 136 Å². The molecule has 7 atom stereocenters. The van der Waals surface area contributed by atoms with Crippen LogP contribution < -0.4 is 5.32 Å². The summed E-state index contributed by atoms with van der Waals surface area (Å²) in [6.45, 7) is 8.62. The van der Waals surface area contributed by atoms with Crippen LogP contribution in [-0.2, 0) is 24.0 Å². The highest BCUT2D eigenvalue weighted by molar-refractivity contribution is 6.38. The number of Topliss-reactive ketones (excluding diaryl/α,β-unsaturated/α-hetero) is 4. The van der Waals surface area contributed by atoms with Gasteiger partial charge in [0, 0.05) is 62.4 Å². The van der Waals surface area contributed by atoms with E-state index in [0.29, 0.717) is 6.42 Å². The Morgan fingerprint density at radius 2 is 1.64 bits per heavy atom. The molecule has 0 bridgehead atoms. The highest BCUT2D eigenvalue weighted by atomic mass is 19.3. The standard InChI is InChI=1S/C44H58F2N4O6/c1-6-13-30(39(54)37(53)22-27(2)28-14-9-7-10-15-28)23-36(52)38-31-18-19-44(45,46)33(31)26-50(38)42(56)40(43(3,4)5)49-41(55)32(29-16-11-8-12-17-29)24-35(51)34-25-47-20-21-48-34/h7,9-10,14-15,20-21,25,27,29-33,38,40H,6,8,11-13,16-19,22-24,26H2,1-5H3,(H,49,55)/t27-,30-,31?,32+,33?,38-,40+/m0/s1. The number of nitrogens with zero attached hydrogens (tertiary/aromatic N) is 3. The third kappa shape index (κ3) is 10.0. The van der Waals surface area contributed by atoms with E-state index in [1.807, 2.05) is 44.2 Å². The number of alkyl halides is 2. The molecule has 2 amide bonds. The molecule has 56 heavy (non-hydrogen) atoms. The summed E-state index contributed by atoms with van der Waals surface area (Å²) in [7, 11) is 0. The fraction of sp³-hybridized carbons (Fsp3) is 0.636. The average Bonchev–Trinajstić information content (AvgIpc) is 3.72. The second-order valence-electron chi connectivity index (χ2n) is 17.5. The third-order valence-corrected chi connectivity index (χ3v) is 12.4. The van der Waals surface area contributed by atoms with E-state index in [-0.39, 0.29) is 62.0 Å². The van der Waals surface area contributed by atoms with E-state index < -0.39 is 82.7 Å². The van der Waals surface area contributed by atoms with Crippen molar-refractivity contribution in [1.29, 1.82) is 0 Å². The lowest BCUT2D eigenvalue weighted by molar-refractivity contribution is -0.146. The van der Waals surface area contributed by atoms with Gasteiger partial charge in [-0.3, -0.25) is 33.8 Å². The predicted molar refractivity (Wildman–Crippen MR) is 207 cm³/mol. The zero-order chi connectivity index (χ0) is 40.8. The molecule has 2 unspecified atom stereocenters. The van der Waals surface area contributed by atoms with Gasteiger partial charge >= 0.3 is 0 Å². The molecule has 5 rings (SSSR count). The van der Waals surface area contributed by atoms with E-state index in [0.717, 1.165) is 37.7 Å². The van der Waals surface area contributed by atoms with Gasteiger partial charge in [-0.2, -0.15) is 0 Å². The maximum Gasteiger partial charge on any atom is 0.253 e. The number of halogens is 2. The van der Waals surface area contributed by atoms with Gasteiger partial charge in [0.1, 0.15) is 11.7 Å². The largest absolute Gasteiger partial charge is 0.344 e. The minimum Gasteiger partial charge on any atom is -0.344 e. The van der Waals surface area contributed by atoms with Gasteiger partial charge in [-0.1, -0.05) is 90.6 Å². The van der Waals surface area contributed by atoms with E-state index in [2.05, 4.69) is 15.3 Å². The van der Waals surface area contributed by atoms with Gasteiger partial charge in [0.15, 0.2) is 17.3 Å². The summed E-state index contributed by atoms with van der Waals surface area (Å²) in [4.78, 5) is 93.1. The van der Waals surface area contributed by atoms with Gasteiger partial charge in [-0.25, -0.2) is 13.8 Å². The fourth-order valence-electron chi connectivity index (χ4n) is 9.27. The van der Waals surface area contributed by atoms with Crippen LogP contribution in [0.3, 0.4) is 0 Å². The first kappa shape index (κ1) is 42.9. The van der Waals surface area contributed by atoms with Crippen LogP contribution in [0.25, 0.3) is 0 Å². The molecule has 10 nitrogen and oxygen atoms in total. The number of rotatable bonds is 17. The maximum absolute atomic E-state index is 15.4. The maximum atomic E-state index is 15.4. The Balaban J connectivity index is 1.38. The van der Waals surface area contributed by atoms with Crippen LogP contribution in [0.4, 0.5) is 8.78 Å². The lowest BCUT2D eigenvalue weighted by Gasteiger charge is -2.38. The minimum absolute atomic E-state index is 0.0263. The van der Waals surface area contributed by atoms with E-state index >= 15 is 8.78 Å². The first-order valence-electron chi connectivity index (χ1n) is 20.5. The Morgan fingerprint density at radius 1 is 0.946 bits per heavy atom. The van der Waals surface area contributed by atoms with Crippen molar-refractivity contribution < 1.29 is 37.5 Å². The summed E-state index contributed by atoms with van der Waals surface area (Å²) in [5, 5.41) is 2.94. The molecule has 12 heteroatoms. The molecule has 0 spiro atoms. The fourth-order valence-corrected chi connectivity index (χ4v) is 9.27. The van der Waals surface area contributed by atoms with E-state index in [9.17, 15) is 28.8 Å². The second-order valence-corrected chi connectivity index (χ2v) is 17.5. The van der Waals surface area contributed by atoms with Crippen molar-refractivity contribution in [3.63, 3.8) is 0 Å². The van der Waals surface area contributed by atoms with Crippen LogP contribution in [-0.4, -0.2) is 74.4 Å². The molecule has 1 N–H and O–H groups in total. The molecule has 1 aromatic heterocycles. The molecule has 2 heterocycles. The SMILES string of the molecule is CCC[C@@H](CC(=O)[C@@H]1C2CCC(F)(F)C2CN1C(=O)[C@@H](NC(=O)[C@H](CC(=O)c1cnccn1)C1CCCCC1)C(C)(C)C)C(=O)C(=O)C[C@H](C)c1ccccc1. The van der Waals surface area contributed by atoms with Crippen molar-refractivity contribution in [1.82, 2.24) is 20.2 Å². The molecule has 3 aliphatic rings. The van der Waals surface area contributed by atoms with Gasteiger partial charge < -0.3 is 10.2 Å². The third-order valence-electron chi connectivity index (χ3n) is 12.4. The highest BCUT2D eigenvalue weighted by Gasteiger charge is 2.61. The van der Waals surface area contributed by atoms with Crippen molar-refractivity contribution >= 4 is 34.9 Å². The summed E-state index contributed by atoms with van der Waals surface area (Å²) >= 11 is 0. The number of aromatic nitrogens is 2. The molecule has 304 valence electrons. The number of carbonyl (C=O) groups is 6. The highest BCUT2D eigenvalue weighted by Crippen LogP contribution is 2.52. The number of carbonyl (C=O) groups excluding carboxylic acids is 6. The van der Waals surface area contributed by atoms with E-state index in [1.165, 1.54) is 23.5 Å². The second kappa shape index (κ2) is 18.4.